The van der Waals surface area contributed by atoms with E-state index in [9.17, 15) is 9.18 Å². The third-order valence-electron chi connectivity index (χ3n) is 4.09. The summed E-state index contributed by atoms with van der Waals surface area (Å²) in [5.74, 6) is 0.399. The molecule has 4 aromatic rings. The number of methoxy groups -OCH3 is 1. The number of carbonyl (C=O) groups excluding carboxylic acids is 1. The van der Waals surface area contributed by atoms with Gasteiger partial charge in [0, 0.05) is 16.6 Å². The number of carbonyl (C=O) groups is 1. The van der Waals surface area contributed by atoms with Gasteiger partial charge in [0.25, 0.3) is 0 Å². The van der Waals surface area contributed by atoms with E-state index in [0.717, 1.165) is 17.0 Å². The van der Waals surface area contributed by atoms with Crippen molar-refractivity contribution < 1.29 is 13.9 Å². The van der Waals surface area contributed by atoms with Crippen LogP contribution in [0, 0.1) is 5.82 Å². The molecular weight excluding hydrogens is 425 g/mol. The minimum Gasteiger partial charge on any atom is -0.497 e. The maximum absolute atomic E-state index is 13.1. The second-order valence-corrected chi connectivity index (χ2v) is 7.86. The number of amides is 1. The Labute approximate surface area is 179 Å². The van der Waals surface area contributed by atoms with E-state index in [1.165, 1.54) is 35.2 Å². The van der Waals surface area contributed by atoms with Gasteiger partial charge in [-0.1, -0.05) is 11.8 Å². The Kier molecular flexibility index (Phi) is 6.05. The number of ether oxygens (including phenoxy) is 1. The van der Waals surface area contributed by atoms with Crippen LogP contribution in [-0.2, 0) is 4.79 Å². The average molecular weight is 442 g/mol. The highest BCUT2D eigenvalue weighted by atomic mass is 32.2. The molecule has 0 aliphatic rings. The monoisotopic (exact) mass is 441 g/mol. The van der Waals surface area contributed by atoms with Gasteiger partial charge in [-0.15, -0.1) is 21.5 Å². The molecule has 0 aliphatic carbocycles. The van der Waals surface area contributed by atoms with E-state index in [4.69, 9.17) is 4.74 Å². The summed E-state index contributed by atoms with van der Waals surface area (Å²) in [7, 11) is 1.61. The number of rotatable bonds is 7. The molecule has 0 spiro atoms. The van der Waals surface area contributed by atoms with Gasteiger partial charge in [-0.25, -0.2) is 9.37 Å². The van der Waals surface area contributed by atoms with Crippen LogP contribution in [0.3, 0.4) is 0 Å². The SMILES string of the molecule is COc1ccc(-n2cnnc2SCC(=O)Nc2nc(-c3ccc(F)cc3)cs2)cc1. The molecule has 0 radical (unpaired) electrons. The Hall–Kier alpha value is -3.24. The molecule has 7 nitrogen and oxygen atoms in total. The number of benzene rings is 2. The maximum Gasteiger partial charge on any atom is 0.236 e. The number of thioether (sulfide) groups is 1. The van der Waals surface area contributed by atoms with Crippen LogP contribution < -0.4 is 10.1 Å². The van der Waals surface area contributed by atoms with E-state index in [-0.39, 0.29) is 17.5 Å². The van der Waals surface area contributed by atoms with Crippen LogP contribution in [0.25, 0.3) is 16.9 Å². The molecule has 152 valence electrons. The molecule has 2 aromatic heterocycles. The normalized spacial score (nSPS) is 10.7. The molecule has 0 saturated heterocycles. The molecule has 2 aromatic carbocycles. The van der Waals surface area contributed by atoms with Gasteiger partial charge < -0.3 is 10.1 Å². The zero-order chi connectivity index (χ0) is 20.9. The Balaban J connectivity index is 1.37. The number of aromatic nitrogens is 4. The number of thiazole rings is 1. The fourth-order valence-electron chi connectivity index (χ4n) is 2.61. The van der Waals surface area contributed by atoms with Crippen LogP contribution in [0.2, 0.25) is 0 Å². The molecule has 0 saturated carbocycles. The minimum absolute atomic E-state index is 0.153. The summed E-state index contributed by atoms with van der Waals surface area (Å²) in [6.07, 6.45) is 1.60. The molecule has 0 bridgehead atoms. The summed E-state index contributed by atoms with van der Waals surface area (Å²) >= 11 is 2.58. The van der Waals surface area contributed by atoms with Gasteiger partial charge in [0.2, 0.25) is 5.91 Å². The first kappa shape index (κ1) is 20.0. The van der Waals surface area contributed by atoms with Crippen LogP contribution in [0.15, 0.2) is 65.4 Å². The molecule has 4 rings (SSSR count). The number of anilines is 1. The average Bonchev–Trinajstić information content (AvgIpc) is 3.42. The first-order valence-electron chi connectivity index (χ1n) is 8.81. The predicted molar refractivity (Wildman–Crippen MR) is 115 cm³/mol. The maximum atomic E-state index is 13.1. The van der Waals surface area contributed by atoms with E-state index in [0.29, 0.717) is 16.0 Å². The first-order chi connectivity index (χ1) is 14.6. The lowest BCUT2D eigenvalue weighted by Gasteiger charge is -2.07. The van der Waals surface area contributed by atoms with Crippen molar-refractivity contribution in [2.45, 2.75) is 5.16 Å². The van der Waals surface area contributed by atoms with Crippen molar-refractivity contribution in [1.29, 1.82) is 0 Å². The van der Waals surface area contributed by atoms with E-state index < -0.39 is 0 Å². The predicted octanol–water partition coefficient (Wildman–Crippen LogP) is 4.27. The molecule has 0 unspecified atom stereocenters. The molecule has 0 atom stereocenters. The number of halogens is 1. The fourth-order valence-corrected chi connectivity index (χ4v) is 4.08. The number of hydrogen-bond acceptors (Lipinski definition) is 7. The van der Waals surface area contributed by atoms with Gasteiger partial charge in [0.1, 0.15) is 17.9 Å². The van der Waals surface area contributed by atoms with Gasteiger partial charge >= 0.3 is 0 Å². The van der Waals surface area contributed by atoms with E-state index in [1.54, 1.807) is 30.1 Å². The van der Waals surface area contributed by atoms with Crippen LogP contribution >= 0.6 is 23.1 Å². The Bertz CT molecular complexity index is 1140. The van der Waals surface area contributed by atoms with Crippen molar-refractivity contribution >= 4 is 34.1 Å². The standard InChI is InChI=1S/C20H16FN5O2S2/c1-28-16-8-6-15(7-9-16)26-12-22-25-20(26)30-11-18(27)24-19-23-17(10-29-19)13-2-4-14(21)5-3-13/h2-10,12H,11H2,1H3,(H,23,24,27). The Morgan fingerprint density at radius 2 is 1.97 bits per heavy atom. The van der Waals surface area contributed by atoms with Crippen molar-refractivity contribution in [3.8, 4) is 22.7 Å². The second-order valence-electron chi connectivity index (χ2n) is 6.06. The van der Waals surface area contributed by atoms with Crippen LogP contribution in [0.4, 0.5) is 9.52 Å². The van der Waals surface area contributed by atoms with Gasteiger partial charge in [-0.2, -0.15) is 0 Å². The van der Waals surface area contributed by atoms with Gasteiger partial charge in [0.05, 0.1) is 18.6 Å². The lowest BCUT2D eigenvalue weighted by atomic mass is 10.2. The zero-order valence-electron chi connectivity index (χ0n) is 15.8. The number of nitrogens with one attached hydrogen (secondary N) is 1. The van der Waals surface area contributed by atoms with E-state index >= 15 is 0 Å². The molecule has 30 heavy (non-hydrogen) atoms. The van der Waals surface area contributed by atoms with E-state index in [2.05, 4.69) is 20.5 Å². The van der Waals surface area contributed by atoms with Crippen LogP contribution in [0.1, 0.15) is 0 Å². The summed E-state index contributed by atoms with van der Waals surface area (Å²) in [6, 6.07) is 13.5. The third-order valence-corrected chi connectivity index (χ3v) is 5.79. The number of nitrogens with zero attached hydrogens (tertiary/aromatic N) is 4. The quantitative estimate of drug-likeness (QED) is 0.432. The summed E-state index contributed by atoms with van der Waals surface area (Å²) in [5.41, 5.74) is 2.34. The first-order valence-corrected chi connectivity index (χ1v) is 10.7. The third kappa shape index (κ3) is 4.66. The summed E-state index contributed by atoms with van der Waals surface area (Å²) in [6.45, 7) is 0. The van der Waals surface area contributed by atoms with Crippen molar-refractivity contribution in [3.63, 3.8) is 0 Å². The van der Waals surface area contributed by atoms with Gasteiger partial charge in [0.15, 0.2) is 10.3 Å². The highest BCUT2D eigenvalue weighted by Gasteiger charge is 2.12. The lowest BCUT2D eigenvalue weighted by Crippen LogP contribution is -2.14. The Morgan fingerprint density at radius 3 is 2.70 bits per heavy atom. The highest BCUT2D eigenvalue weighted by molar-refractivity contribution is 7.99. The van der Waals surface area contributed by atoms with E-state index in [1.807, 2.05) is 29.6 Å². The molecule has 1 amide bonds. The largest absolute Gasteiger partial charge is 0.497 e. The van der Waals surface area contributed by atoms with Gasteiger partial charge in [-0.3, -0.25) is 9.36 Å². The fraction of sp³-hybridized carbons (Fsp3) is 0.100. The van der Waals surface area contributed by atoms with Crippen molar-refractivity contribution in [2.24, 2.45) is 0 Å². The van der Waals surface area contributed by atoms with Crippen LogP contribution in [0.5, 0.6) is 5.75 Å². The second kappa shape index (κ2) is 9.06. The zero-order valence-corrected chi connectivity index (χ0v) is 17.4. The van der Waals surface area contributed by atoms with Crippen LogP contribution in [-0.4, -0.2) is 38.5 Å². The molecule has 1 N–H and O–H groups in total. The smallest absolute Gasteiger partial charge is 0.236 e. The minimum atomic E-state index is -0.304. The Morgan fingerprint density at radius 1 is 1.20 bits per heavy atom. The van der Waals surface area contributed by atoms with Crippen molar-refractivity contribution in [1.82, 2.24) is 19.7 Å². The van der Waals surface area contributed by atoms with Gasteiger partial charge in [-0.05, 0) is 48.5 Å². The summed E-state index contributed by atoms with van der Waals surface area (Å²) in [5, 5.41) is 13.7. The number of hydrogen-bond donors (Lipinski definition) is 1. The molecular formula is C20H16FN5O2S2. The molecule has 2 heterocycles. The topological polar surface area (TPSA) is 81.9 Å². The van der Waals surface area contributed by atoms with Crippen molar-refractivity contribution in [2.75, 3.05) is 18.2 Å². The molecule has 10 heteroatoms. The highest BCUT2D eigenvalue weighted by Crippen LogP contribution is 2.26. The lowest BCUT2D eigenvalue weighted by molar-refractivity contribution is -0.113. The summed E-state index contributed by atoms with van der Waals surface area (Å²) < 4.78 is 20.0. The summed E-state index contributed by atoms with van der Waals surface area (Å²) in [4.78, 5) is 16.7. The molecule has 0 aliphatic heterocycles. The molecule has 0 fully saturated rings. The van der Waals surface area contributed by atoms with Crippen molar-refractivity contribution in [3.05, 3.63) is 66.1 Å².